The minimum atomic E-state index is -6.81. The first kappa shape index (κ1) is 20.4. The Morgan fingerprint density at radius 1 is 0.591 bits per heavy atom. The Morgan fingerprint density at radius 3 is 0.909 bits per heavy atom. The average molecular weight is 344 g/mol. The molecule has 0 radical (unpaired) electrons. The normalized spacial score (nSPS) is 13.8. The van der Waals surface area contributed by atoms with Crippen LogP contribution >= 0.6 is 0 Å². The van der Waals surface area contributed by atoms with Crippen molar-refractivity contribution in [1.82, 2.24) is 9.80 Å². The SMILES string of the molecule is CN(C)C(=O)C(F)(F)C(F)(F)C(F)(F)C(F)(F)C(=O)N(C)C. The third kappa shape index (κ3) is 2.70. The molecule has 0 heterocycles. The second-order valence-electron chi connectivity index (χ2n) is 4.70. The van der Waals surface area contributed by atoms with Gasteiger partial charge in [0.15, 0.2) is 0 Å². The van der Waals surface area contributed by atoms with Crippen molar-refractivity contribution in [1.29, 1.82) is 0 Å². The van der Waals surface area contributed by atoms with Crippen LogP contribution in [0.1, 0.15) is 0 Å². The summed E-state index contributed by atoms with van der Waals surface area (Å²) in [6, 6.07) is 0. The molecule has 0 aliphatic rings. The third-order valence-electron chi connectivity index (χ3n) is 2.53. The molecule has 0 aliphatic carbocycles. The molecule has 0 aromatic rings. The van der Waals surface area contributed by atoms with Crippen LogP contribution in [0.15, 0.2) is 0 Å². The molecule has 0 N–H and O–H groups in total. The lowest BCUT2D eigenvalue weighted by Crippen LogP contribution is -2.68. The van der Waals surface area contributed by atoms with Crippen LogP contribution in [0.4, 0.5) is 35.1 Å². The fraction of sp³-hybridized carbons (Fsp3) is 0.800. The predicted molar refractivity (Wildman–Crippen MR) is 57.2 cm³/mol. The maximum Gasteiger partial charge on any atom is 0.392 e. The van der Waals surface area contributed by atoms with E-state index in [0.29, 0.717) is 28.2 Å². The lowest BCUT2D eigenvalue weighted by Gasteiger charge is -2.36. The van der Waals surface area contributed by atoms with Crippen LogP contribution in [0.3, 0.4) is 0 Å². The number of carbonyl (C=O) groups is 2. The van der Waals surface area contributed by atoms with E-state index in [2.05, 4.69) is 0 Å². The fourth-order valence-electron chi connectivity index (χ4n) is 1.22. The molecule has 0 aromatic carbocycles. The van der Waals surface area contributed by atoms with Crippen molar-refractivity contribution >= 4 is 11.8 Å². The third-order valence-corrected chi connectivity index (χ3v) is 2.53. The summed E-state index contributed by atoms with van der Waals surface area (Å²) in [6.07, 6.45) is 0. The van der Waals surface area contributed by atoms with Gasteiger partial charge in [0, 0.05) is 28.2 Å². The van der Waals surface area contributed by atoms with Gasteiger partial charge in [0.2, 0.25) is 0 Å². The van der Waals surface area contributed by atoms with Crippen LogP contribution in [-0.2, 0) is 9.59 Å². The van der Waals surface area contributed by atoms with Gasteiger partial charge in [0.1, 0.15) is 0 Å². The summed E-state index contributed by atoms with van der Waals surface area (Å²) < 4.78 is 106. The highest BCUT2D eigenvalue weighted by molar-refractivity contribution is 5.87. The average Bonchev–Trinajstić information content (AvgIpc) is 2.35. The lowest BCUT2D eigenvalue weighted by molar-refractivity contribution is -0.350. The van der Waals surface area contributed by atoms with E-state index in [4.69, 9.17) is 0 Å². The van der Waals surface area contributed by atoms with E-state index in [9.17, 15) is 44.7 Å². The van der Waals surface area contributed by atoms with Crippen molar-refractivity contribution < 1.29 is 44.7 Å². The topological polar surface area (TPSA) is 40.6 Å². The quantitative estimate of drug-likeness (QED) is 0.713. The molecule has 2 amide bonds. The highest BCUT2D eigenvalue weighted by Crippen LogP contribution is 2.53. The van der Waals surface area contributed by atoms with Crippen LogP contribution in [0.5, 0.6) is 0 Å². The molecule has 0 bridgehead atoms. The van der Waals surface area contributed by atoms with Gasteiger partial charge in [-0.2, -0.15) is 35.1 Å². The molecule has 4 nitrogen and oxygen atoms in total. The Labute approximate surface area is 119 Å². The summed E-state index contributed by atoms with van der Waals surface area (Å²) in [6.45, 7) is 0. The second kappa shape index (κ2) is 5.54. The van der Waals surface area contributed by atoms with Gasteiger partial charge < -0.3 is 9.80 Å². The van der Waals surface area contributed by atoms with E-state index in [1.54, 1.807) is 0 Å². The molecular formula is C10H12F8N2O2. The Kier molecular flexibility index (Phi) is 5.13. The van der Waals surface area contributed by atoms with Crippen molar-refractivity contribution in [3.63, 3.8) is 0 Å². The first-order valence-electron chi connectivity index (χ1n) is 5.41. The van der Waals surface area contributed by atoms with Crippen LogP contribution < -0.4 is 0 Å². The summed E-state index contributed by atoms with van der Waals surface area (Å²) in [5.41, 5.74) is 0. The Morgan fingerprint density at radius 2 is 0.773 bits per heavy atom. The van der Waals surface area contributed by atoms with Crippen molar-refractivity contribution in [2.45, 2.75) is 23.7 Å². The van der Waals surface area contributed by atoms with Gasteiger partial charge in [-0.15, -0.1) is 0 Å². The Balaban J connectivity index is 6.07. The zero-order valence-electron chi connectivity index (χ0n) is 11.7. The summed E-state index contributed by atoms with van der Waals surface area (Å²) in [5, 5.41) is 0. The first-order valence-corrected chi connectivity index (χ1v) is 5.41. The molecule has 0 spiro atoms. The number of hydrogen-bond donors (Lipinski definition) is 0. The van der Waals surface area contributed by atoms with Crippen LogP contribution in [0.25, 0.3) is 0 Å². The van der Waals surface area contributed by atoms with Crippen molar-refractivity contribution in [3.8, 4) is 0 Å². The molecule has 0 aromatic heterocycles. The molecule has 0 saturated carbocycles. The van der Waals surface area contributed by atoms with Gasteiger partial charge in [0.25, 0.3) is 11.8 Å². The predicted octanol–water partition coefficient (Wildman–Crippen LogP) is 1.70. The number of hydrogen-bond acceptors (Lipinski definition) is 2. The highest BCUT2D eigenvalue weighted by atomic mass is 19.4. The van der Waals surface area contributed by atoms with Gasteiger partial charge in [-0.25, -0.2) is 0 Å². The summed E-state index contributed by atoms with van der Waals surface area (Å²) in [5.74, 6) is -31.6. The first-order chi connectivity index (χ1) is 9.46. The zero-order valence-corrected chi connectivity index (χ0v) is 11.7. The maximum absolute atomic E-state index is 13.3. The van der Waals surface area contributed by atoms with Crippen molar-refractivity contribution in [2.75, 3.05) is 28.2 Å². The van der Waals surface area contributed by atoms with Crippen LogP contribution in [-0.4, -0.2) is 73.5 Å². The van der Waals surface area contributed by atoms with Crippen LogP contribution in [0.2, 0.25) is 0 Å². The standard InChI is InChI=1S/C10H12F8N2O2/c1-19(2)5(21)7(11,12)9(15,16)10(17,18)8(13,14)6(22)20(3)4/h1-4H3. The van der Waals surface area contributed by atoms with Gasteiger partial charge in [-0.3, -0.25) is 9.59 Å². The summed E-state index contributed by atoms with van der Waals surface area (Å²) >= 11 is 0. The van der Waals surface area contributed by atoms with E-state index in [0.717, 1.165) is 0 Å². The highest BCUT2D eigenvalue weighted by Gasteiger charge is 2.84. The Bertz CT molecular complexity index is 420. The smallest absolute Gasteiger partial charge is 0.343 e. The van der Waals surface area contributed by atoms with Crippen molar-refractivity contribution in [2.24, 2.45) is 0 Å². The van der Waals surface area contributed by atoms with E-state index < -0.39 is 35.5 Å². The molecule has 0 saturated heterocycles. The lowest BCUT2D eigenvalue weighted by atomic mass is 9.97. The minimum Gasteiger partial charge on any atom is -0.343 e. The van der Waals surface area contributed by atoms with Crippen molar-refractivity contribution in [3.05, 3.63) is 0 Å². The van der Waals surface area contributed by atoms with Gasteiger partial charge in [-0.05, 0) is 0 Å². The molecule has 22 heavy (non-hydrogen) atoms. The number of rotatable bonds is 5. The fourth-order valence-corrected chi connectivity index (χ4v) is 1.22. The van der Waals surface area contributed by atoms with Gasteiger partial charge in [0.05, 0.1) is 0 Å². The Hall–Kier alpha value is -1.62. The summed E-state index contributed by atoms with van der Waals surface area (Å²) in [7, 11) is 2.14. The molecule has 0 rings (SSSR count). The molecule has 0 aliphatic heterocycles. The molecule has 0 atom stereocenters. The second-order valence-corrected chi connectivity index (χ2v) is 4.70. The number of nitrogens with zero attached hydrogens (tertiary/aromatic N) is 2. The van der Waals surface area contributed by atoms with E-state index in [1.807, 2.05) is 0 Å². The molecular weight excluding hydrogens is 332 g/mol. The van der Waals surface area contributed by atoms with E-state index >= 15 is 0 Å². The molecule has 12 heteroatoms. The number of alkyl halides is 8. The summed E-state index contributed by atoms with van der Waals surface area (Å²) in [4.78, 5) is 21.5. The molecule has 0 fully saturated rings. The number of amides is 2. The van der Waals surface area contributed by atoms with Crippen LogP contribution in [0, 0.1) is 0 Å². The van der Waals surface area contributed by atoms with E-state index in [-0.39, 0.29) is 9.80 Å². The molecule has 130 valence electrons. The van der Waals surface area contributed by atoms with E-state index in [1.165, 1.54) is 0 Å². The maximum atomic E-state index is 13.3. The number of carbonyl (C=O) groups excluding carboxylic acids is 2. The van der Waals surface area contributed by atoms with Gasteiger partial charge >= 0.3 is 23.7 Å². The number of halogens is 8. The van der Waals surface area contributed by atoms with Gasteiger partial charge in [-0.1, -0.05) is 0 Å². The molecule has 0 unspecified atom stereocenters. The minimum absolute atomic E-state index is 0.171. The zero-order chi connectivity index (χ0) is 18.3. The largest absolute Gasteiger partial charge is 0.392 e. The monoisotopic (exact) mass is 344 g/mol.